The Balaban J connectivity index is 1.61. The highest BCUT2D eigenvalue weighted by Crippen LogP contribution is 2.24. The molecule has 0 saturated carbocycles. The third-order valence-electron chi connectivity index (χ3n) is 4.65. The predicted octanol–water partition coefficient (Wildman–Crippen LogP) is 0.733. The Bertz CT molecular complexity index is 964. The summed E-state index contributed by atoms with van der Waals surface area (Å²) in [4.78, 5) is 41.5. The summed E-state index contributed by atoms with van der Waals surface area (Å²) in [6.07, 6.45) is -0.320. The number of likely N-dealkylation sites (N-methyl/N-ethyl adjacent to an activating group) is 1. The van der Waals surface area contributed by atoms with E-state index in [0.29, 0.717) is 36.0 Å². The van der Waals surface area contributed by atoms with E-state index in [1.54, 1.807) is 43.4 Å². The van der Waals surface area contributed by atoms with Crippen LogP contribution in [0.3, 0.4) is 0 Å². The van der Waals surface area contributed by atoms with Gasteiger partial charge in [-0.1, -0.05) is 6.07 Å². The van der Waals surface area contributed by atoms with Crippen LogP contribution in [-0.4, -0.2) is 59.0 Å². The van der Waals surface area contributed by atoms with Crippen molar-refractivity contribution in [3.63, 3.8) is 0 Å². The normalized spacial score (nSPS) is 15.6. The van der Waals surface area contributed by atoms with E-state index in [4.69, 9.17) is 10.8 Å². The number of aliphatic carboxylic acids is 1. The average molecular weight is 412 g/mol. The van der Waals surface area contributed by atoms with Crippen LogP contribution in [0, 0.1) is 0 Å². The molecule has 0 aliphatic carbocycles. The molecule has 1 aliphatic heterocycles. The van der Waals surface area contributed by atoms with E-state index in [0.717, 1.165) is 5.56 Å². The van der Waals surface area contributed by atoms with Crippen LogP contribution >= 0.6 is 0 Å². The Morgan fingerprint density at radius 3 is 2.83 bits per heavy atom. The van der Waals surface area contributed by atoms with Crippen molar-refractivity contribution >= 4 is 35.1 Å². The maximum atomic E-state index is 12.5. The number of carboxylic acid groups (broad SMARTS) is 1. The molecular formula is C20H24N6O4. The lowest BCUT2D eigenvalue weighted by Crippen LogP contribution is -2.39. The lowest BCUT2D eigenvalue weighted by Gasteiger charge is -2.19. The lowest BCUT2D eigenvalue weighted by atomic mass is 10.1. The zero-order chi connectivity index (χ0) is 21.7. The molecule has 0 bridgehead atoms. The van der Waals surface area contributed by atoms with Crippen LogP contribution in [0.25, 0.3) is 0 Å². The van der Waals surface area contributed by atoms with Gasteiger partial charge in [0.25, 0.3) is 5.91 Å². The van der Waals surface area contributed by atoms with Crippen LogP contribution < -0.4 is 21.7 Å². The molecule has 2 heterocycles. The van der Waals surface area contributed by atoms with Crippen molar-refractivity contribution in [2.45, 2.75) is 19.0 Å². The van der Waals surface area contributed by atoms with Gasteiger partial charge in [-0.15, -0.1) is 0 Å². The van der Waals surface area contributed by atoms with Crippen LogP contribution in [0.4, 0.5) is 17.3 Å². The monoisotopic (exact) mass is 412 g/mol. The molecule has 3 rings (SSSR count). The predicted molar refractivity (Wildman–Crippen MR) is 112 cm³/mol. The second-order valence-corrected chi connectivity index (χ2v) is 6.99. The van der Waals surface area contributed by atoms with E-state index in [2.05, 4.69) is 20.9 Å². The number of fused-ring (bicyclic) bond motifs is 1. The highest BCUT2D eigenvalue weighted by atomic mass is 16.4. The van der Waals surface area contributed by atoms with Gasteiger partial charge < -0.3 is 31.7 Å². The minimum Gasteiger partial charge on any atom is -0.481 e. The van der Waals surface area contributed by atoms with Gasteiger partial charge in [-0.3, -0.25) is 14.4 Å². The molecule has 158 valence electrons. The summed E-state index contributed by atoms with van der Waals surface area (Å²) >= 11 is 0. The Hall–Kier alpha value is -3.82. The Kier molecular flexibility index (Phi) is 6.35. The third kappa shape index (κ3) is 5.16. The smallest absolute Gasteiger partial charge is 0.305 e. The lowest BCUT2D eigenvalue weighted by molar-refractivity contribution is -0.141. The second-order valence-electron chi connectivity index (χ2n) is 6.99. The fraction of sp³-hybridized carbons (Fsp3) is 0.300. The number of carboxylic acids is 1. The molecular weight excluding hydrogens is 388 g/mol. The highest BCUT2D eigenvalue weighted by Gasteiger charge is 2.29. The van der Waals surface area contributed by atoms with Gasteiger partial charge >= 0.3 is 5.97 Å². The molecule has 0 fully saturated rings. The molecule has 2 amide bonds. The van der Waals surface area contributed by atoms with Crippen molar-refractivity contribution in [2.75, 3.05) is 36.5 Å². The van der Waals surface area contributed by atoms with E-state index >= 15 is 0 Å². The number of amides is 2. The first-order valence-corrected chi connectivity index (χ1v) is 9.44. The Morgan fingerprint density at radius 1 is 1.30 bits per heavy atom. The van der Waals surface area contributed by atoms with E-state index in [1.165, 1.54) is 4.90 Å². The Labute approximate surface area is 173 Å². The van der Waals surface area contributed by atoms with Crippen molar-refractivity contribution in [3.05, 3.63) is 47.5 Å². The number of hydrogen-bond acceptors (Lipinski definition) is 7. The summed E-state index contributed by atoms with van der Waals surface area (Å²) in [5, 5.41) is 17.9. The number of aromatic nitrogens is 1. The molecule has 1 aromatic heterocycles. The fourth-order valence-electron chi connectivity index (χ4n) is 3.19. The van der Waals surface area contributed by atoms with Crippen molar-refractivity contribution in [3.8, 4) is 0 Å². The number of benzene rings is 1. The summed E-state index contributed by atoms with van der Waals surface area (Å²) in [5.74, 6) is -0.572. The molecule has 10 nitrogen and oxygen atoms in total. The third-order valence-corrected chi connectivity index (χ3v) is 4.65. The van der Waals surface area contributed by atoms with Gasteiger partial charge in [-0.2, -0.15) is 0 Å². The van der Waals surface area contributed by atoms with Gasteiger partial charge in [0.2, 0.25) is 5.91 Å². The van der Waals surface area contributed by atoms with Crippen molar-refractivity contribution in [1.29, 1.82) is 0 Å². The zero-order valence-electron chi connectivity index (χ0n) is 16.5. The number of nitrogens with zero attached hydrogens (tertiary/aromatic N) is 2. The SMILES string of the molecule is CN1Cc2cc(C(=O)NCCNc3cccc(N)n3)ccc2N[C@@H](CC(=O)O)C1=O. The largest absolute Gasteiger partial charge is 0.481 e. The molecule has 0 radical (unpaired) electrons. The van der Waals surface area contributed by atoms with E-state index in [-0.39, 0.29) is 24.8 Å². The summed E-state index contributed by atoms with van der Waals surface area (Å²) in [5.41, 5.74) is 7.47. The first-order chi connectivity index (χ1) is 14.3. The fourth-order valence-corrected chi connectivity index (χ4v) is 3.19. The molecule has 0 unspecified atom stereocenters. The number of hydrogen-bond donors (Lipinski definition) is 5. The average Bonchev–Trinajstić information content (AvgIpc) is 2.81. The van der Waals surface area contributed by atoms with Crippen LogP contribution in [0.1, 0.15) is 22.3 Å². The number of nitrogen functional groups attached to an aromatic ring is 1. The van der Waals surface area contributed by atoms with E-state index in [9.17, 15) is 14.4 Å². The minimum atomic E-state index is -1.06. The van der Waals surface area contributed by atoms with Crippen LogP contribution in [0.15, 0.2) is 36.4 Å². The number of nitrogens with two attached hydrogens (primary N) is 1. The molecule has 0 spiro atoms. The van der Waals surface area contributed by atoms with Gasteiger partial charge in [-0.05, 0) is 35.9 Å². The molecule has 1 aliphatic rings. The molecule has 1 atom stereocenters. The molecule has 2 aromatic rings. The first-order valence-electron chi connectivity index (χ1n) is 9.44. The van der Waals surface area contributed by atoms with Gasteiger partial charge in [0.05, 0.1) is 6.42 Å². The van der Waals surface area contributed by atoms with Gasteiger partial charge in [0.15, 0.2) is 0 Å². The van der Waals surface area contributed by atoms with Crippen LogP contribution in [0.2, 0.25) is 0 Å². The molecule has 6 N–H and O–H groups in total. The topological polar surface area (TPSA) is 150 Å². The van der Waals surface area contributed by atoms with Crippen molar-refractivity contribution < 1.29 is 19.5 Å². The second kappa shape index (κ2) is 9.12. The number of nitrogens with one attached hydrogen (secondary N) is 3. The maximum absolute atomic E-state index is 12.5. The van der Waals surface area contributed by atoms with Crippen LogP contribution in [-0.2, 0) is 16.1 Å². The quantitative estimate of drug-likeness (QED) is 0.418. The molecule has 0 saturated heterocycles. The number of anilines is 3. The summed E-state index contributed by atoms with van der Waals surface area (Å²) in [6, 6.07) is 9.46. The summed E-state index contributed by atoms with van der Waals surface area (Å²) in [6.45, 7) is 1.13. The Morgan fingerprint density at radius 2 is 2.10 bits per heavy atom. The highest BCUT2D eigenvalue weighted by molar-refractivity contribution is 5.95. The van der Waals surface area contributed by atoms with Gasteiger partial charge in [-0.25, -0.2) is 4.98 Å². The first kappa shape index (κ1) is 20.9. The van der Waals surface area contributed by atoms with Gasteiger partial charge in [0.1, 0.15) is 17.7 Å². The number of rotatable bonds is 7. The van der Waals surface area contributed by atoms with Crippen molar-refractivity contribution in [2.24, 2.45) is 0 Å². The van der Waals surface area contributed by atoms with Crippen LogP contribution in [0.5, 0.6) is 0 Å². The van der Waals surface area contributed by atoms with E-state index < -0.39 is 12.0 Å². The number of carbonyl (C=O) groups is 3. The summed E-state index contributed by atoms with van der Waals surface area (Å²) < 4.78 is 0. The van der Waals surface area contributed by atoms with Gasteiger partial charge in [0, 0.05) is 37.9 Å². The standard InChI is InChI=1S/C20H24N6O4/c1-26-11-13-9-12(5-6-14(13)24-15(20(26)30)10-18(27)28)19(29)23-8-7-22-17-4-2-3-16(21)25-17/h2-6,9,15,24H,7-8,10-11H2,1H3,(H,23,29)(H,27,28)(H3,21,22,25)/t15-/m0/s1. The molecule has 1 aromatic carbocycles. The maximum Gasteiger partial charge on any atom is 0.305 e. The number of pyridine rings is 1. The van der Waals surface area contributed by atoms with Crippen molar-refractivity contribution in [1.82, 2.24) is 15.2 Å². The summed E-state index contributed by atoms with van der Waals surface area (Å²) in [7, 11) is 1.61. The zero-order valence-corrected chi connectivity index (χ0v) is 16.5. The molecule has 10 heteroatoms. The minimum absolute atomic E-state index is 0.250. The number of carbonyl (C=O) groups excluding carboxylic acids is 2. The molecule has 30 heavy (non-hydrogen) atoms. The van der Waals surface area contributed by atoms with E-state index in [1.807, 2.05) is 0 Å².